The van der Waals surface area contributed by atoms with E-state index in [1.165, 1.54) is 5.69 Å². The van der Waals surface area contributed by atoms with Crippen LogP contribution in [0.2, 0.25) is 0 Å². The number of carbonyl (C=O) groups is 2. The SMILES string of the molecule is CN(Cc1ccc(N2CCOCC2)cc1)C(=O)[C@H]1CC(=O)N(c2cccc3ccccc23)C1. The lowest BCUT2D eigenvalue weighted by molar-refractivity contribution is -0.135. The highest BCUT2D eigenvalue weighted by molar-refractivity contribution is 6.06. The van der Waals surface area contributed by atoms with E-state index >= 15 is 0 Å². The van der Waals surface area contributed by atoms with Gasteiger partial charge >= 0.3 is 0 Å². The van der Waals surface area contributed by atoms with Crippen LogP contribution in [0.3, 0.4) is 0 Å². The van der Waals surface area contributed by atoms with E-state index in [0.717, 1.165) is 48.3 Å². The standard InChI is InChI=1S/C27H29N3O3/c1-28(18-20-9-11-23(12-10-20)29-13-15-33-16-14-29)27(32)22-17-26(31)30(19-22)25-8-4-6-21-5-2-3-7-24(21)25/h2-12,22H,13-19H2,1H3/t22-/m0/s1. The number of carbonyl (C=O) groups excluding carboxylic acids is 2. The van der Waals surface area contributed by atoms with E-state index in [2.05, 4.69) is 29.2 Å². The molecular formula is C27H29N3O3. The van der Waals surface area contributed by atoms with Gasteiger partial charge in [-0.05, 0) is 29.1 Å². The van der Waals surface area contributed by atoms with E-state index in [-0.39, 0.29) is 24.2 Å². The maximum atomic E-state index is 13.2. The molecule has 0 N–H and O–H groups in total. The van der Waals surface area contributed by atoms with Crippen LogP contribution in [0.1, 0.15) is 12.0 Å². The molecule has 1 atom stereocenters. The number of hydrogen-bond acceptors (Lipinski definition) is 4. The molecule has 2 saturated heterocycles. The van der Waals surface area contributed by atoms with E-state index < -0.39 is 0 Å². The van der Waals surface area contributed by atoms with E-state index in [1.807, 2.05) is 49.5 Å². The fourth-order valence-corrected chi connectivity index (χ4v) is 4.85. The molecule has 2 aliphatic heterocycles. The Morgan fingerprint density at radius 2 is 1.73 bits per heavy atom. The second-order valence-electron chi connectivity index (χ2n) is 8.86. The maximum absolute atomic E-state index is 13.2. The molecule has 33 heavy (non-hydrogen) atoms. The van der Waals surface area contributed by atoms with Crippen LogP contribution in [-0.2, 0) is 20.9 Å². The molecule has 0 unspecified atom stereocenters. The van der Waals surface area contributed by atoms with Crippen LogP contribution >= 0.6 is 0 Å². The van der Waals surface area contributed by atoms with Gasteiger partial charge in [-0.1, -0.05) is 48.5 Å². The summed E-state index contributed by atoms with van der Waals surface area (Å²) in [7, 11) is 1.82. The average molecular weight is 444 g/mol. The molecule has 2 amide bonds. The van der Waals surface area contributed by atoms with Crippen molar-refractivity contribution in [2.75, 3.05) is 49.7 Å². The molecule has 0 saturated carbocycles. The molecule has 5 rings (SSSR count). The van der Waals surface area contributed by atoms with Crippen molar-refractivity contribution in [1.29, 1.82) is 0 Å². The van der Waals surface area contributed by atoms with Gasteiger partial charge in [0.05, 0.1) is 24.8 Å². The Hall–Kier alpha value is -3.38. The molecule has 3 aromatic carbocycles. The van der Waals surface area contributed by atoms with E-state index in [1.54, 1.807) is 9.80 Å². The van der Waals surface area contributed by atoms with Crippen LogP contribution in [0.4, 0.5) is 11.4 Å². The van der Waals surface area contributed by atoms with Crippen LogP contribution < -0.4 is 9.80 Å². The number of anilines is 2. The molecule has 2 fully saturated rings. The highest BCUT2D eigenvalue weighted by Crippen LogP contribution is 2.32. The normalized spacial score (nSPS) is 18.7. The van der Waals surface area contributed by atoms with E-state index in [0.29, 0.717) is 13.1 Å². The zero-order valence-corrected chi connectivity index (χ0v) is 18.9. The zero-order chi connectivity index (χ0) is 22.8. The smallest absolute Gasteiger partial charge is 0.228 e. The van der Waals surface area contributed by atoms with Crippen molar-refractivity contribution < 1.29 is 14.3 Å². The molecule has 0 aliphatic carbocycles. The topological polar surface area (TPSA) is 53.1 Å². The maximum Gasteiger partial charge on any atom is 0.228 e. The summed E-state index contributed by atoms with van der Waals surface area (Å²) in [5.41, 5.74) is 3.15. The van der Waals surface area contributed by atoms with Crippen LogP contribution in [0.5, 0.6) is 0 Å². The lowest BCUT2D eigenvalue weighted by atomic mass is 10.1. The third kappa shape index (κ3) is 4.44. The number of morpholine rings is 1. The molecule has 0 bridgehead atoms. The molecular weight excluding hydrogens is 414 g/mol. The number of fused-ring (bicyclic) bond motifs is 1. The Labute approximate surface area is 194 Å². The van der Waals surface area contributed by atoms with Gasteiger partial charge in [0.25, 0.3) is 0 Å². The highest BCUT2D eigenvalue weighted by Gasteiger charge is 2.37. The summed E-state index contributed by atoms with van der Waals surface area (Å²) in [6.07, 6.45) is 0.252. The molecule has 0 spiro atoms. The lowest BCUT2D eigenvalue weighted by Crippen LogP contribution is -2.36. The largest absolute Gasteiger partial charge is 0.378 e. The first-order chi connectivity index (χ1) is 16.1. The summed E-state index contributed by atoms with van der Waals surface area (Å²) < 4.78 is 5.42. The third-order valence-corrected chi connectivity index (χ3v) is 6.64. The van der Waals surface area contributed by atoms with Gasteiger partial charge in [0, 0.05) is 50.7 Å². The van der Waals surface area contributed by atoms with Crippen LogP contribution in [0, 0.1) is 5.92 Å². The average Bonchev–Trinajstić information content (AvgIpc) is 3.25. The quantitative estimate of drug-likeness (QED) is 0.604. The van der Waals surface area contributed by atoms with Crippen molar-refractivity contribution in [3.63, 3.8) is 0 Å². The molecule has 6 nitrogen and oxygen atoms in total. The van der Waals surface area contributed by atoms with E-state index in [9.17, 15) is 9.59 Å². The fourth-order valence-electron chi connectivity index (χ4n) is 4.85. The minimum Gasteiger partial charge on any atom is -0.378 e. The fraction of sp³-hybridized carbons (Fsp3) is 0.333. The molecule has 6 heteroatoms. The first kappa shape index (κ1) is 21.5. The van der Waals surface area contributed by atoms with Crippen LogP contribution in [0.25, 0.3) is 10.8 Å². The third-order valence-electron chi connectivity index (χ3n) is 6.64. The predicted molar refractivity (Wildman–Crippen MR) is 130 cm³/mol. The summed E-state index contributed by atoms with van der Waals surface area (Å²) in [4.78, 5) is 31.9. The second kappa shape index (κ2) is 9.24. The zero-order valence-electron chi connectivity index (χ0n) is 18.9. The summed E-state index contributed by atoms with van der Waals surface area (Å²) in [6, 6.07) is 22.4. The van der Waals surface area contributed by atoms with Gasteiger partial charge in [-0.2, -0.15) is 0 Å². The molecule has 2 aliphatic rings. The molecule has 170 valence electrons. The summed E-state index contributed by atoms with van der Waals surface area (Å²) in [6.45, 7) is 4.28. The molecule has 2 heterocycles. The van der Waals surface area contributed by atoms with Gasteiger partial charge in [-0.3, -0.25) is 9.59 Å². The van der Waals surface area contributed by atoms with Gasteiger partial charge in [-0.15, -0.1) is 0 Å². The van der Waals surface area contributed by atoms with Crippen molar-refractivity contribution in [2.45, 2.75) is 13.0 Å². The van der Waals surface area contributed by atoms with Crippen molar-refractivity contribution in [1.82, 2.24) is 4.90 Å². The monoisotopic (exact) mass is 443 g/mol. The predicted octanol–water partition coefficient (Wildman–Crippen LogP) is 3.69. The Kier molecular flexibility index (Phi) is 6.01. The first-order valence-corrected chi connectivity index (χ1v) is 11.5. The van der Waals surface area contributed by atoms with Crippen LogP contribution in [0.15, 0.2) is 66.7 Å². The molecule has 0 aromatic heterocycles. The minimum absolute atomic E-state index is 0.00738. The van der Waals surface area contributed by atoms with Gasteiger partial charge in [0.15, 0.2) is 0 Å². The summed E-state index contributed by atoms with van der Waals surface area (Å²) in [5, 5.41) is 2.13. The van der Waals surface area contributed by atoms with Gasteiger partial charge < -0.3 is 19.4 Å². The minimum atomic E-state index is -0.325. The number of rotatable bonds is 5. The number of ether oxygens (including phenoxy) is 1. The van der Waals surface area contributed by atoms with E-state index in [4.69, 9.17) is 4.74 Å². The number of nitrogens with zero attached hydrogens (tertiary/aromatic N) is 3. The Morgan fingerprint density at radius 1 is 1.00 bits per heavy atom. The Morgan fingerprint density at radius 3 is 2.52 bits per heavy atom. The van der Waals surface area contributed by atoms with Gasteiger partial charge in [-0.25, -0.2) is 0 Å². The van der Waals surface area contributed by atoms with Crippen molar-refractivity contribution in [2.24, 2.45) is 5.92 Å². The number of amides is 2. The highest BCUT2D eigenvalue weighted by atomic mass is 16.5. The van der Waals surface area contributed by atoms with Crippen molar-refractivity contribution >= 4 is 34.0 Å². The van der Waals surface area contributed by atoms with Gasteiger partial charge in [0.2, 0.25) is 11.8 Å². The summed E-state index contributed by atoms with van der Waals surface area (Å²) >= 11 is 0. The van der Waals surface area contributed by atoms with Crippen LogP contribution in [-0.4, -0.2) is 56.6 Å². The van der Waals surface area contributed by atoms with Crippen molar-refractivity contribution in [3.05, 3.63) is 72.3 Å². The molecule has 3 aromatic rings. The second-order valence-corrected chi connectivity index (χ2v) is 8.86. The Bertz CT molecular complexity index is 1150. The number of benzene rings is 3. The van der Waals surface area contributed by atoms with Crippen molar-refractivity contribution in [3.8, 4) is 0 Å². The number of hydrogen-bond donors (Lipinski definition) is 0. The summed E-state index contributed by atoms with van der Waals surface area (Å²) in [5.74, 6) is -0.301. The van der Waals surface area contributed by atoms with Gasteiger partial charge in [0.1, 0.15) is 0 Å². The lowest BCUT2D eigenvalue weighted by Gasteiger charge is -2.29. The molecule has 0 radical (unpaired) electrons. The Balaban J connectivity index is 1.24. The first-order valence-electron chi connectivity index (χ1n) is 11.5.